The Morgan fingerprint density at radius 3 is 2.50 bits per heavy atom. The maximum atomic E-state index is 13.4. The average molecular weight is 462 g/mol. The Balaban J connectivity index is 2.00. The molecule has 30 heavy (non-hydrogen) atoms. The lowest BCUT2D eigenvalue weighted by molar-refractivity contribution is -0.118. The summed E-state index contributed by atoms with van der Waals surface area (Å²) < 4.78 is 0.948. The fraction of sp³-hybridized carbons (Fsp3) is 0.280. The van der Waals surface area contributed by atoms with E-state index < -0.39 is 5.92 Å². The number of nitriles is 1. The van der Waals surface area contributed by atoms with Crippen LogP contribution in [0, 0.1) is 23.7 Å². The Hall–Kier alpha value is -2.84. The van der Waals surface area contributed by atoms with Crippen molar-refractivity contribution in [1.29, 1.82) is 5.26 Å². The van der Waals surface area contributed by atoms with Crippen LogP contribution in [0.5, 0.6) is 0 Å². The van der Waals surface area contributed by atoms with Crippen LogP contribution < -0.4 is 10.6 Å². The summed E-state index contributed by atoms with van der Waals surface area (Å²) >= 11 is 3.47. The van der Waals surface area contributed by atoms with Crippen molar-refractivity contribution in [3.63, 3.8) is 0 Å². The molecular weight excluding hydrogens is 438 g/mol. The predicted molar refractivity (Wildman–Crippen MR) is 122 cm³/mol. The third-order valence-electron chi connectivity index (χ3n) is 5.84. The van der Waals surface area contributed by atoms with Gasteiger partial charge in [0.05, 0.1) is 17.6 Å². The van der Waals surface area contributed by atoms with Gasteiger partial charge in [0.1, 0.15) is 5.82 Å². The molecule has 0 saturated heterocycles. The molecule has 152 valence electrons. The van der Waals surface area contributed by atoms with E-state index in [2.05, 4.69) is 35.8 Å². The molecule has 4 rings (SSSR count). The van der Waals surface area contributed by atoms with Gasteiger partial charge in [-0.2, -0.15) is 5.26 Å². The number of allylic oxidation sites excluding steroid dienone is 3. The summed E-state index contributed by atoms with van der Waals surface area (Å²) in [6, 6.07) is 18.1. The molecule has 2 aliphatic rings. The second-order valence-corrected chi connectivity index (χ2v) is 9.79. The monoisotopic (exact) mass is 461 g/mol. The topological polar surface area (TPSA) is 70.1 Å². The Morgan fingerprint density at radius 1 is 1.17 bits per heavy atom. The Kier molecular flexibility index (Phi) is 5.07. The van der Waals surface area contributed by atoms with Crippen LogP contribution in [0.1, 0.15) is 43.7 Å². The standard InChI is InChI=1S/C25H24BrN3O/c1-15-5-4-6-18(11-15)29-20-12-25(2,3)13-21(30)23(20)22(19(14-27)24(29)28)16-7-9-17(26)10-8-16/h4-11,22H,12-13,28H2,1-3H3/t22-/m1/s1. The first-order valence-electron chi connectivity index (χ1n) is 10.00. The van der Waals surface area contributed by atoms with E-state index in [0.29, 0.717) is 29.8 Å². The molecule has 2 aromatic carbocycles. The summed E-state index contributed by atoms with van der Waals surface area (Å²) in [6.07, 6.45) is 1.17. The largest absolute Gasteiger partial charge is 0.384 e. The van der Waals surface area contributed by atoms with Gasteiger partial charge in [-0.15, -0.1) is 0 Å². The normalized spacial score (nSPS) is 20.8. The number of nitrogens with zero attached hydrogens (tertiary/aromatic N) is 2. The lowest BCUT2D eigenvalue weighted by Crippen LogP contribution is -2.42. The van der Waals surface area contributed by atoms with Crippen LogP contribution in [0.2, 0.25) is 0 Å². The van der Waals surface area contributed by atoms with Gasteiger partial charge >= 0.3 is 0 Å². The molecule has 5 heteroatoms. The van der Waals surface area contributed by atoms with E-state index in [-0.39, 0.29) is 11.2 Å². The maximum Gasteiger partial charge on any atom is 0.162 e. The van der Waals surface area contributed by atoms with E-state index in [4.69, 9.17) is 5.73 Å². The third kappa shape index (κ3) is 3.46. The highest BCUT2D eigenvalue weighted by Crippen LogP contribution is 2.50. The third-order valence-corrected chi connectivity index (χ3v) is 6.37. The van der Waals surface area contributed by atoms with Gasteiger partial charge in [0, 0.05) is 27.9 Å². The molecule has 1 aliphatic carbocycles. The Labute approximate surface area is 185 Å². The van der Waals surface area contributed by atoms with Crippen molar-refractivity contribution in [3.05, 3.63) is 86.8 Å². The lowest BCUT2D eigenvalue weighted by Gasteiger charge is -2.43. The van der Waals surface area contributed by atoms with Crippen LogP contribution >= 0.6 is 15.9 Å². The van der Waals surface area contributed by atoms with Crippen LogP contribution in [0.4, 0.5) is 5.69 Å². The van der Waals surface area contributed by atoms with Gasteiger partial charge in [0.2, 0.25) is 0 Å². The average Bonchev–Trinajstić information content (AvgIpc) is 2.67. The molecule has 0 fully saturated rings. The zero-order valence-corrected chi connectivity index (χ0v) is 19.0. The van der Waals surface area contributed by atoms with Gasteiger partial charge in [0.15, 0.2) is 5.78 Å². The summed E-state index contributed by atoms with van der Waals surface area (Å²) in [7, 11) is 0. The summed E-state index contributed by atoms with van der Waals surface area (Å²) in [5, 5.41) is 10.1. The number of nitrogens with two attached hydrogens (primary N) is 1. The summed E-state index contributed by atoms with van der Waals surface area (Å²) in [5.74, 6) is 0.0510. The van der Waals surface area contributed by atoms with Crippen LogP contribution in [-0.4, -0.2) is 5.78 Å². The van der Waals surface area contributed by atoms with Crippen LogP contribution in [0.25, 0.3) is 0 Å². The number of hydrogen-bond donors (Lipinski definition) is 1. The first-order chi connectivity index (χ1) is 14.2. The molecule has 0 amide bonds. The highest BCUT2D eigenvalue weighted by atomic mass is 79.9. The van der Waals surface area contributed by atoms with Crippen molar-refractivity contribution >= 4 is 27.4 Å². The molecule has 1 aliphatic heterocycles. The number of ketones is 1. The highest BCUT2D eigenvalue weighted by Gasteiger charge is 2.44. The predicted octanol–water partition coefficient (Wildman–Crippen LogP) is 5.70. The highest BCUT2D eigenvalue weighted by molar-refractivity contribution is 9.10. The number of rotatable bonds is 2. The lowest BCUT2D eigenvalue weighted by atomic mass is 9.68. The number of halogens is 1. The summed E-state index contributed by atoms with van der Waals surface area (Å²) in [6.45, 7) is 6.24. The zero-order valence-electron chi connectivity index (χ0n) is 17.4. The quantitative estimate of drug-likeness (QED) is 0.622. The fourth-order valence-electron chi connectivity index (χ4n) is 4.56. The van der Waals surface area contributed by atoms with Gasteiger partial charge in [-0.1, -0.05) is 54.0 Å². The first kappa shape index (κ1) is 20.4. The number of aryl methyl sites for hydroxylation is 1. The van der Waals surface area contributed by atoms with Crippen molar-refractivity contribution in [2.24, 2.45) is 11.1 Å². The SMILES string of the molecule is Cc1cccc(N2C(N)=C(C#N)[C@@H](c3ccc(Br)cc3)C3=C2CC(C)(C)CC3=O)c1. The van der Waals surface area contributed by atoms with Gasteiger partial charge in [-0.25, -0.2) is 0 Å². The van der Waals surface area contributed by atoms with E-state index in [0.717, 1.165) is 27.0 Å². The van der Waals surface area contributed by atoms with Crippen molar-refractivity contribution < 1.29 is 4.79 Å². The van der Waals surface area contributed by atoms with E-state index in [9.17, 15) is 10.1 Å². The molecule has 0 spiro atoms. The Morgan fingerprint density at radius 2 is 1.87 bits per heavy atom. The van der Waals surface area contributed by atoms with E-state index in [1.165, 1.54) is 0 Å². The minimum atomic E-state index is -0.442. The van der Waals surface area contributed by atoms with E-state index >= 15 is 0 Å². The second-order valence-electron chi connectivity index (χ2n) is 8.87. The number of carbonyl (C=O) groups is 1. The number of carbonyl (C=O) groups excluding carboxylic acids is 1. The molecule has 0 saturated carbocycles. The Bertz CT molecular complexity index is 1140. The molecule has 0 unspecified atom stereocenters. The maximum absolute atomic E-state index is 13.4. The van der Waals surface area contributed by atoms with Crippen molar-refractivity contribution in [2.75, 3.05) is 4.90 Å². The van der Waals surface area contributed by atoms with Gasteiger partial charge in [-0.3, -0.25) is 9.69 Å². The number of benzene rings is 2. The number of hydrogen-bond acceptors (Lipinski definition) is 4. The fourth-order valence-corrected chi connectivity index (χ4v) is 4.82. The minimum absolute atomic E-state index is 0.0899. The van der Waals surface area contributed by atoms with Crippen LogP contribution in [0.15, 0.2) is 75.7 Å². The van der Waals surface area contributed by atoms with E-state index in [1.807, 2.05) is 60.4 Å². The molecule has 0 aromatic heterocycles. The zero-order chi connectivity index (χ0) is 21.6. The molecular formula is C25H24BrN3O. The number of Topliss-reactive ketones (excluding diaryl/α,β-unsaturated/α-hetero) is 1. The molecule has 1 heterocycles. The van der Waals surface area contributed by atoms with Gasteiger partial charge < -0.3 is 5.73 Å². The molecule has 1 atom stereocenters. The van der Waals surface area contributed by atoms with E-state index in [1.54, 1.807) is 0 Å². The minimum Gasteiger partial charge on any atom is -0.384 e. The molecule has 0 radical (unpaired) electrons. The number of anilines is 1. The van der Waals surface area contributed by atoms with Crippen molar-refractivity contribution in [2.45, 2.75) is 39.5 Å². The summed E-state index contributed by atoms with van der Waals surface area (Å²) in [4.78, 5) is 15.4. The molecule has 2 N–H and O–H groups in total. The van der Waals surface area contributed by atoms with Gasteiger partial charge in [-0.05, 0) is 54.2 Å². The van der Waals surface area contributed by atoms with Gasteiger partial charge in [0.25, 0.3) is 0 Å². The molecule has 0 bridgehead atoms. The van der Waals surface area contributed by atoms with Crippen molar-refractivity contribution in [1.82, 2.24) is 0 Å². The molecule has 4 nitrogen and oxygen atoms in total. The molecule has 2 aromatic rings. The summed E-state index contributed by atoms with van der Waals surface area (Å²) in [5.41, 5.74) is 11.4. The second kappa shape index (κ2) is 7.45. The van der Waals surface area contributed by atoms with Crippen molar-refractivity contribution in [3.8, 4) is 6.07 Å². The smallest absolute Gasteiger partial charge is 0.162 e. The van der Waals surface area contributed by atoms with Crippen LogP contribution in [-0.2, 0) is 4.79 Å². The first-order valence-corrected chi connectivity index (χ1v) is 10.8. The van der Waals surface area contributed by atoms with Crippen LogP contribution in [0.3, 0.4) is 0 Å².